The largest absolute Gasteiger partial charge is 0.454 e. The van der Waals surface area contributed by atoms with Gasteiger partial charge in [0.1, 0.15) is 5.25 Å². The van der Waals surface area contributed by atoms with Crippen LogP contribution in [0, 0.1) is 0 Å². The average Bonchev–Trinajstić information content (AvgIpc) is 3.15. The molecule has 1 atom stereocenters. The molecule has 1 fully saturated rings. The van der Waals surface area contributed by atoms with Crippen LogP contribution in [0.1, 0.15) is 12.0 Å². The van der Waals surface area contributed by atoms with Crippen LogP contribution in [-0.2, 0) is 9.59 Å². The number of rotatable bonds is 4. The first-order chi connectivity index (χ1) is 14.1. The van der Waals surface area contributed by atoms with Crippen molar-refractivity contribution < 1.29 is 19.1 Å². The van der Waals surface area contributed by atoms with Crippen molar-refractivity contribution >= 4 is 52.2 Å². The molecule has 0 radical (unpaired) electrons. The number of ether oxygens (including phenoxy) is 2. The first-order valence-corrected chi connectivity index (χ1v) is 9.86. The molecule has 2 heterocycles. The number of carbonyl (C=O) groups excluding carboxylic acids is 2. The second-order valence-corrected chi connectivity index (χ2v) is 7.75. The quantitative estimate of drug-likeness (QED) is 0.573. The number of benzene rings is 2. The zero-order chi connectivity index (χ0) is 20.2. The summed E-state index contributed by atoms with van der Waals surface area (Å²) in [5.41, 5.74) is 1.33. The Labute approximate surface area is 175 Å². The molecule has 0 aliphatic carbocycles. The maximum Gasteiger partial charge on any atom is 0.238 e. The van der Waals surface area contributed by atoms with E-state index in [1.807, 2.05) is 6.07 Å². The van der Waals surface area contributed by atoms with E-state index in [4.69, 9.17) is 21.1 Å². The minimum absolute atomic E-state index is 0.0436. The normalized spacial score (nSPS) is 19.4. The third-order valence-electron chi connectivity index (χ3n) is 4.01. The summed E-state index contributed by atoms with van der Waals surface area (Å²) >= 11 is 7.07. The predicted octanol–water partition coefficient (Wildman–Crippen LogP) is 3.02. The summed E-state index contributed by atoms with van der Waals surface area (Å²) in [5.74, 6) is 0.711. The predicted molar refractivity (Wildman–Crippen MR) is 112 cm³/mol. The van der Waals surface area contributed by atoms with Crippen molar-refractivity contribution in [3.8, 4) is 11.5 Å². The number of carbonyl (C=O) groups is 2. The van der Waals surface area contributed by atoms with Gasteiger partial charge in [0.2, 0.25) is 18.6 Å². The molecule has 148 valence electrons. The maximum atomic E-state index is 12.5. The lowest BCUT2D eigenvalue weighted by atomic mass is 10.2. The van der Waals surface area contributed by atoms with Crippen LogP contribution < -0.4 is 20.1 Å². The molecule has 2 aromatic carbocycles. The molecule has 2 aromatic rings. The second-order valence-electron chi connectivity index (χ2n) is 6.12. The maximum absolute atomic E-state index is 12.5. The highest BCUT2D eigenvalue weighted by Crippen LogP contribution is 2.32. The van der Waals surface area contributed by atoms with Gasteiger partial charge >= 0.3 is 0 Å². The molecule has 10 heteroatoms. The molecule has 1 unspecified atom stereocenters. The van der Waals surface area contributed by atoms with E-state index in [0.29, 0.717) is 22.2 Å². The Balaban J connectivity index is 1.41. The number of hydrogen-bond acceptors (Lipinski definition) is 7. The van der Waals surface area contributed by atoms with Crippen LogP contribution in [0.4, 0.5) is 5.69 Å². The van der Waals surface area contributed by atoms with Crippen molar-refractivity contribution in [2.75, 3.05) is 12.1 Å². The Morgan fingerprint density at radius 2 is 2.10 bits per heavy atom. The van der Waals surface area contributed by atoms with Gasteiger partial charge in [-0.3, -0.25) is 9.59 Å². The van der Waals surface area contributed by atoms with Crippen molar-refractivity contribution in [1.82, 2.24) is 5.32 Å². The average molecular weight is 431 g/mol. The number of amidine groups is 1. The van der Waals surface area contributed by atoms with Crippen LogP contribution >= 0.6 is 23.4 Å². The third-order valence-corrected chi connectivity index (χ3v) is 5.31. The third kappa shape index (κ3) is 4.87. The van der Waals surface area contributed by atoms with E-state index in [1.165, 1.54) is 6.21 Å². The second kappa shape index (κ2) is 8.54. The summed E-state index contributed by atoms with van der Waals surface area (Å²) in [4.78, 5) is 24.5. The molecule has 0 bridgehead atoms. The number of hydrogen-bond donors (Lipinski definition) is 2. The van der Waals surface area contributed by atoms with Gasteiger partial charge in [0.15, 0.2) is 16.7 Å². The number of anilines is 1. The van der Waals surface area contributed by atoms with Gasteiger partial charge in [-0.05, 0) is 42.0 Å². The van der Waals surface area contributed by atoms with E-state index in [1.54, 1.807) is 36.4 Å². The minimum Gasteiger partial charge on any atom is -0.454 e. The first kappa shape index (κ1) is 19.3. The smallest absolute Gasteiger partial charge is 0.238 e. The van der Waals surface area contributed by atoms with Crippen LogP contribution in [0.25, 0.3) is 0 Å². The van der Waals surface area contributed by atoms with Crippen molar-refractivity contribution in [2.45, 2.75) is 11.7 Å². The number of fused-ring (bicyclic) bond motifs is 1. The van der Waals surface area contributed by atoms with Crippen molar-refractivity contribution in [1.29, 1.82) is 0 Å². The summed E-state index contributed by atoms with van der Waals surface area (Å²) in [6.45, 7) is 0.194. The molecular weight excluding hydrogens is 416 g/mol. The van der Waals surface area contributed by atoms with E-state index >= 15 is 0 Å². The summed E-state index contributed by atoms with van der Waals surface area (Å²) in [7, 11) is 0. The summed E-state index contributed by atoms with van der Waals surface area (Å²) in [5, 5.41) is 13.5. The van der Waals surface area contributed by atoms with Gasteiger partial charge in [-0.25, -0.2) is 0 Å². The Bertz CT molecular complexity index is 1030. The highest BCUT2D eigenvalue weighted by atomic mass is 35.5. The molecule has 2 N–H and O–H groups in total. The number of thioether (sulfide) groups is 1. The van der Waals surface area contributed by atoms with Gasteiger partial charge < -0.3 is 20.1 Å². The van der Waals surface area contributed by atoms with E-state index < -0.39 is 5.25 Å². The zero-order valence-electron chi connectivity index (χ0n) is 14.9. The molecule has 1 saturated heterocycles. The molecule has 4 rings (SSSR count). The van der Waals surface area contributed by atoms with E-state index in [2.05, 4.69) is 20.8 Å². The lowest BCUT2D eigenvalue weighted by Crippen LogP contribution is -2.41. The van der Waals surface area contributed by atoms with Crippen molar-refractivity contribution in [2.24, 2.45) is 10.2 Å². The van der Waals surface area contributed by atoms with Gasteiger partial charge in [-0.2, -0.15) is 5.10 Å². The topological polar surface area (TPSA) is 101 Å². The van der Waals surface area contributed by atoms with Crippen LogP contribution in [0.5, 0.6) is 11.5 Å². The Morgan fingerprint density at radius 3 is 2.97 bits per heavy atom. The fourth-order valence-electron chi connectivity index (χ4n) is 2.67. The van der Waals surface area contributed by atoms with E-state index in [9.17, 15) is 9.59 Å². The molecule has 2 aliphatic heterocycles. The monoisotopic (exact) mass is 430 g/mol. The summed E-state index contributed by atoms with van der Waals surface area (Å²) in [6, 6.07) is 12.2. The van der Waals surface area contributed by atoms with Crippen LogP contribution in [-0.4, -0.2) is 35.2 Å². The van der Waals surface area contributed by atoms with E-state index in [0.717, 1.165) is 17.3 Å². The van der Waals surface area contributed by atoms with Crippen molar-refractivity contribution in [3.63, 3.8) is 0 Å². The van der Waals surface area contributed by atoms with E-state index in [-0.39, 0.29) is 30.2 Å². The molecule has 2 aliphatic rings. The standard InChI is InChI=1S/C19H15ClN4O4S/c20-12-2-1-3-13(7-12)22-18(26)16-8-17(25)23-19(29-16)24-21-9-11-4-5-14-15(6-11)28-10-27-14/h1-7,9,16H,8,10H2,(H,22,26)(H,23,24,25)/b21-9+. The lowest BCUT2D eigenvalue weighted by molar-refractivity contribution is -0.123. The molecule has 8 nitrogen and oxygen atoms in total. The Morgan fingerprint density at radius 1 is 1.24 bits per heavy atom. The highest BCUT2D eigenvalue weighted by Gasteiger charge is 2.30. The molecule has 29 heavy (non-hydrogen) atoms. The molecule has 2 amide bonds. The van der Waals surface area contributed by atoms with Gasteiger partial charge in [-0.1, -0.05) is 29.4 Å². The Kier molecular flexibility index (Phi) is 5.68. The highest BCUT2D eigenvalue weighted by molar-refractivity contribution is 8.15. The van der Waals surface area contributed by atoms with Crippen LogP contribution in [0.3, 0.4) is 0 Å². The molecule has 0 aromatic heterocycles. The van der Waals surface area contributed by atoms with Gasteiger partial charge in [0.25, 0.3) is 0 Å². The number of amides is 2. The molecule has 0 saturated carbocycles. The van der Waals surface area contributed by atoms with Crippen LogP contribution in [0.2, 0.25) is 5.02 Å². The van der Waals surface area contributed by atoms with Crippen molar-refractivity contribution in [3.05, 3.63) is 53.1 Å². The number of halogens is 1. The molecular formula is C19H15ClN4O4S. The summed E-state index contributed by atoms with van der Waals surface area (Å²) in [6.07, 6.45) is 1.57. The SMILES string of the molecule is O=C1CC(C(=O)Nc2cccc(Cl)c2)S/C(=N/N=C/c2ccc3c(c2)OCO3)N1. The van der Waals surface area contributed by atoms with Gasteiger partial charge in [0, 0.05) is 17.1 Å². The zero-order valence-corrected chi connectivity index (χ0v) is 16.5. The fraction of sp³-hybridized carbons (Fsp3) is 0.158. The molecule has 0 spiro atoms. The summed E-state index contributed by atoms with van der Waals surface area (Å²) < 4.78 is 10.6. The van der Waals surface area contributed by atoms with Crippen LogP contribution in [0.15, 0.2) is 52.7 Å². The minimum atomic E-state index is -0.623. The lowest BCUT2D eigenvalue weighted by Gasteiger charge is -2.21. The fourth-order valence-corrected chi connectivity index (χ4v) is 3.80. The van der Waals surface area contributed by atoms with Gasteiger partial charge in [0.05, 0.1) is 6.21 Å². The Hall–Kier alpha value is -3.04. The first-order valence-electron chi connectivity index (χ1n) is 8.60. The number of nitrogens with one attached hydrogen (secondary N) is 2. The number of nitrogens with zero attached hydrogens (tertiary/aromatic N) is 2. The van der Waals surface area contributed by atoms with Gasteiger partial charge in [-0.15, -0.1) is 5.10 Å².